The number of carbonyl (C=O) groups is 1. The van der Waals surface area contributed by atoms with Crippen LogP contribution in [0.15, 0.2) is 36.8 Å². The average Bonchev–Trinajstić information content (AvgIpc) is 3.39. The number of hydrogen-bond acceptors (Lipinski definition) is 8. The summed E-state index contributed by atoms with van der Waals surface area (Å²) in [4.78, 5) is 21.1. The smallest absolute Gasteiger partial charge is 0.227 e. The van der Waals surface area contributed by atoms with Crippen molar-refractivity contribution in [3.8, 4) is 11.9 Å². The third-order valence-electron chi connectivity index (χ3n) is 6.14. The summed E-state index contributed by atoms with van der Waals surface area (Å²) in [6.07, 6.45) is 2.80. The van der Waals surface area contributed by atoms with E-state index in [1.54, 1.807) is 17.2 Å². The van der Waals surface area contributed by atoms with E-state index in [-0.39, 0.29) is 18.4 Å². The Bertz CT molecular complexity index is 1210. The Hall–Kier alpha value is -3.82. The van der Waals surface area contributed by atoms with Gasteiger partial charge in [-0.05, 0) is 39.8 Å². The minimum absolute atomic E-state index is 0.00217. The lowest BCUT2D eigenvalue weighted by atomic mass is 10.0. The highest BCUT2D eigenvalue weighted by molar-refractivity contribution is 5.78. The first-order chi connectivity index (χ1) is 16.5. The van der Waals surface area contributed by atoms with Crippen LogP contribution in [0.3, 0.4) is 0 Å². The van der Waals surface area contributed by atoms with Gasteiger partial charge in [-0.1, -0.05) is 6.07 Å². The zero-order valence-electron chi connectivity index (χ0n) is 18.0. The minimum Gasteiger partial charge on any atom is -0.370 e. The Labute approximate surface area is 193 Å². The van der Waals surface area contributed by atoms with Crippen molar-refractivity contribution in [2.45, 2.75) is 18.6 Å². The number of hydrogen-bond donors (Lipinski definition) is 0. The number of rotatable bonds is 4. The third kappa shape index (κ3) is 4.35. The molecule has 0 bridgehead atoms. The van der Waals surface area contributed by atoms with E-state index in [0.717, 1.165) is 17.7 Å². The summed E-state index contributed by atoms with van der Waals surface area (Å²) >= 11 is 0. The number of morpholine rings is 1. The molecule has 2 saturated heterocycles. The van der Waals surface area contributed by atoms with Crippen molar-refractivity contribution in [2.24, 2.45) is 0 Å². The molecule has 5 rings (SSSR count). The number of nitrogens with zero attached hydrogens (tertiary/aromatic N) is 8. The van der Waals surface area contributed by atoms with Crippen molar-refractivity contribution in [2.75, 3.05) is 32.8 Å². The number of tetrazole rings is 1. The van der Waals surface area contributed by atoms with E-state index < -0.39 is 23.3 Å². The molecule has 2 aliphatic rings. The molecule has 4 heterocycles. The first-order valence-corrected chi connectivity index (χ1v) is 10.7. The van der Waals surface area contributed by atoms with Crippen molar-refractivity contribution in [3.63, 3.8) is 0 Å². The molecular formula is C22H20F2N8O2. The van der Waals surface area contributed by atoms with Crippen LogP contribution in [0.25, 0.3) is 5.82 Å². The third-order valence-corrected chi connectivity index (χ3v) is 6.14. The Morgan fingerprint density at radius 2 is 2.03 bits per heavy atom. The van der Waals surface area contributed by atoms with Gasteiger partial charge in [0.15, 0.2) is 5.82 Å². The topological polar surface area (TPSA) is 113 Å². The van der Waals surface area contributed by atoms with Crippen molar-refractivity contribution >= 4 is 5.91 Å². The summed E-state index contributed by atoms with van der Waals surface area (Å²) in [6, 6.07) is 7.42. The molecule has 3 aromatic rings. The maximum atomic E-state index is 14.0. The Morgan fingerprint density at radius 3 is 2.71 bits per heavy atom. The molecule has 0 unspecified atom stereocenters. The molecule has 2 fully saturated rings. The number of piperazine rings is 1. The Balaban J connectivity index is 1.18. The molecule has 174 valence electrons. The number of carbonyl (C=O) groups excluding carboxylic acids is 1. The van der Waals surface area contributed by atoms with Crippen molar-refractivity contribution in [3.05, 3.63) is 65.1 Å². The lowest BCUT2D eigenvalue weighted by Crippen LogP contribution is -2.59. The summed E-state index contributed by atoms with van der Waals surface area (Å²) in [5, 5.41) is 19.8. The quantitative estimate of drug-likeness (QED) is 0.561. The Morgan fingerprint density at radius 1 is 1.21 bits per heavy atom. The molecule has 12 heteroatoms. The second kappa shape index (κ2) is 9.20. The number of ether oxygens (including phenoxy) is 1. The molecule has 1 aromatic carbocycles. The molecule has 0 radical (unpaired) electrons. The van der Waals surface area contributed by atoms with E-state index in [1.165, 1.54) is 17.1 Å². The van der Waals surface area contributed by atoms with E-state index >= 15 is 0 Å². The lowest BCUT2D eigenvalue weighted by Gasteiger charge is -2.46. The van der Waals surface area contributed by atoms with Crippen LogP contribution in [0.4, 0.5) is 8.78 Å². The first kappa shape index (κ1) is 22.0. The predicted octanol–water partition coefficient (Wildman–Crippen LogP) is 1.03. The number of fused-ring (bicyclic) bond motifs is 1. The number of aromatic nitrogens is 5. The van der Waals surface area contributed by atoms with Gasteiger partial charge >= 0.3 is 0 Å². The summed E-state index contributed by atoms with van der Waals surface area (Å²) in [5.41, 5.74) is 0.558. The van der Waals surface area contributed by atoms with Crippen molar-refractivity contribution in [1.82, 2.24) is 35.0 Å². The zero-order valence-corrected chi connectivity index (χ0v) is 18.0. The van der Waals surface area contributed by atoms with Crippen molar-refractivity contribution in [1.29, 1.82) is 5.26 Å². The van der Waals surface area contributed by atoms with E-state index in [1.807, 2.05) is 6.07 Å². The predicted molar refractivity (Wildman–Crippen MR) is 112 cm³/mol. The monoisotopic (exact) mass is 466 g/mol. The van der Waals surface area contributed by atoms with E-state index in [2.05, 4.69) is 25.4 Å². The Kier molecular flexibility index (Phi) is 5.95. The van der Waals surface area contributed by atoms with E-state index in [9.17, 15) is 13.6 Å². The van der Waals surface area contributed by atoms with Crippen molar-refractivity contribution < 1.29 is 18.3 Å². The highest BCUT2D eigenvalue weighted by Crippen LogP contribution is 2.29. The highest BCUT2D eigenvalue weighted by Gasteiger charge is 2.36. The maximum absolute atomic E-state index is 14.0. The van der Waals surface area contributed by atoms with Gasteiger partial charge in [-0.2, -0.15) is 9.94 Å². The van der Waals surface area contributed by atoms with Gasteiger partial charge in [-0.25, -0.2) is 13.8 Å². The largest absolute Gasteiger partial charge is 0.370 e. The van der Waals surface area contributed by atoms with Gasteiger partial charge in [0.25, 0.3) is 0 Å². The molecular weight excluding hydrogens is 446 g/mol. The molecule has 0 aliphatic carbocycles. The molecule has 1 amide bonds. The van der Waals surface area contributed by atoms with Gasteiger partial charge in [0.2, 0.25) is 5.91 Å². The molecule has 2 aliphatic heterocycles. The average molecular weight is 466 g/mol. The molecule has 10 nitrogen and oxygen atoms in total. The standard InChI is InChI=1S/C22H20F2N8O2/c23-18-6-15(7-19(24)17(18)8-25)20-11-30-3-4-31(10-16(30)12-34-20)22(33)5-14-1-2-21(26-9-14)32-13-27-28-29-32/h1-2,6-7,9,13,16,20H,3-5,10-12H2/t16-,20+/m0/s1. The van der Waals surface area contributed by atoms with Gasteiger partial charge < -0.3 is 9.64 Å². The normalized spacial score (nSPS) is 20.6. The van der Waals surface area contributed by atoms with E-state index in [0.29, 0.717) is 44.2 Å². The minimum atomic E-state index is -0.890. The highest BCUT2D eigenvalue weighted by atomic mass is 19.1. The van der Waals surface area contributed by atoms with Crippen LogP contribution in [-0.4, -0.2) is 79.7 Å². The van der Waals surface area contributed by atoms with Crippen LogP contribution in [0.2, 0.25) is 0 Å². The van der Waals surface area contributed by atoms with Gasteiger partial charge in [0.1, 0.15) is 29.6 Å². The van der Waals surface area contributed by atoms with Crippen LogP contribution < -0.4 is 0 Å². The maximum Gasteiger partial charge on any atom is 0.227 e. The fourth-order valence-electron chi connectivity index (χ4n) is 4.31. The summed E-state index contributed by atoms with van der Waals surface area (Å²) < 4.78 is 35.4. The zero-order chi connectivity index (χ0) is 23.7. The number of halogens is 2. The van der Waals surface area contributed by atoms with Crippen LogP contribution in [0.1, 0.15) is 22.8 Å². The first-order valence-electron chi connectivity index (χ1n) is 10.7. The van der Waals surface area contributed by atoms with Crippen LogP contribution >= 0.6 is 0 Å². The molecule has 34 heavy (non-hydrogen) atoms. The fourth-order valence-corrected chi connectivity index (χ4v) is 4.31. The second-order valence-corrected chi connectivity index (χ2v) is 8.24. The molecule has 0 saturated carbocycles. The molecule has 0 N–H and O–H groups in total. The SMILES string of the molecule is N#Cc1c(F)cc([C@H]2CN3CCN(C(=O)Cc4ccc(-n5cnnn5)nc4)C[C@H]3CO2)cc1F. The summed E-state index contributed by atoms with van der Waals surface area (Å²) in [7, 11) is 0. The lowest BCUT2D eigenvalue weighted by molar-refractivity contribution is -0.139. The van der Waals surface area contributed by atoms with Gasteiger partial charge in [-0.3, -0.25) is 9.69 Å². The number of benzene rings is 1. The second-order valence-electron chi connectivity index (χ2n) is 8.24. The van der Waals surface area contributed by atoms with Gasteiger partial charge in [0, 0.05) is 32.4 Å². The molecule has 0 spiro atoms. The van der Waals surface area contributed by atoms with Gasteiger partial charge in [-0.15, -0.1) is 5.10 Å². The van der Waals surface area contributed by atoms with Crippen LogP contribution in [0, 0.1) is 23.0 Å². The fraction of sp³-hybridized carbons (Fsp3) is 0.364. The van der Waals surface area contributed by atoms with Gasteiger partial charge in [0.05, 0.1) is 25.2 Å². The van der Waals surface area contributed by atoms with E-state index in [4.69, 9.17) is 10.00 Å². The molecule has 2 aromatic heterocycles. The number of pyridine rings is 1. The van der Waals surface area contributed by atoms with Crippen LogP contribution in [0.5, 0.6) is 0 Å². The summed E-state index contributed by atoms with van der Waals surface area (Å²) in [6.45, 7) is 2.49. The summed E-state index contributed by atoms with van der Waals surface area (Å²) in [5.74, 6) is -1.22. The number of nitriles is 1. The van der Waals surface area contributed by atoms with Crippen LogP contribution in [-0.2, 0) is 16.0 Å². The molecule has 2 atom stereocenters. The number of amides is 1.